The molecule has 0 saturated carbocycles. The average molecular weight is 403 g/mol. The Morgan fingerprint density at radius 3 is 2.37 bits per heavy atom. The molecule has 6 nitrogen and oxygen atoms in total. The van der Waals surface area contributed by atoms with E-state index in [4.69, 9.17) is 5.11 Å². The summed E-state index contributed by atoms with van der Waals surface area (Å²) in [5.41, 5.74) is 2.06. The van der Waals surface area contributed by atoms with E-state index >= 15 is 0 Å². The van der Waals surface area contributed by atoms with Crippen LogP contribution in [-0.2, 0) is 16.6 Å². The summed E-state index contributed by atoms with van der Waals surface area (Å²) in [6.45, 7) is 1.58. The number of thiophene rings is 1. The summed E-state index contributed by atoms with van der Waals surface area (Å²) in [5.74, 6) is -1.21. The first kappa shape index (κ1) is 19.1. The first-order chi connectivity index (χ1) is 12.8. The molecule has 140 valence electrons. The van der Waals surface area contributed by atoms with Crippen molar-refractivity contribution in [2.45, 2.75) is 18.4 Å². The SMILES string of the molecule is Cc1ccccc1S(=O)(=O)Nc1cc(-c2ccc(CO)cc2)sc1C(=O)O. The zero-order valence-electron chi connectivity index (χ0n) is 14.3. The zero-order valence-corrected chi connectivity index (χ0v) is 16.0. The second kappa shape index (κ2) is 7.51. The van der Waals surface area contributed by atoms with Crippen molar-refractivity contribution in [1.82, 2.24) is 0 Å². The first-order valence-electron chi connectivity index (χ1n) is 7.97. The van der Waals surface area contributed by atoms with E-state index < -0.39 is 16.0 Å². The van der Waals surface area contributed by atoms with Crippen molar-refractivity contribution >= 4 is 33.0 Å². The third-order valence-corrected chi connectivity index (χ3v) is 6.67. The molecule has 0 unspecified atom stereocenters. The van der Waals surface area contributed by atoms with Crippen molar-refractivity contribution in [3.05, 3.63) is 70.6 Å². The Morgan fingerprint density at radius 1 is 1.11 bits per heavy atom. The van der Waals surface area contributed by atoms with Crippen LogP contribution in [0, 0.1) is 6.92 Å². The molecule has 8 heteroatoms. The molecule has 0 aliphatic rings. The van der Waals surface area contributed by atoms with Gasteiger partial charge in [0.15, 0.2) is 0 Å². The summed E-state index contributed by atoms with van der Waals surface area (Å²) in [4.78, 5) is 12.2. The molecule has 0 radical (unpaired) electrons. The van der Waals surface area contributed by atoms with Crippen molar-refractivity contribution < 1.29 is 23.4 Å². The predicted molar refractivity (Wildman–Crippen MR) is 105 cm³/mol. The molecule has 0 aliphatic carbocycles. The lowest BCUT2D eigenvalue weighted by Crippen LogP contribution is -2.15. The topological polar surface area (TPSA) is 104 Å². The first-order valence-corrected chi connectivity index (χ1v) is 10.3. The molecule has 1 heterocycles. The number of carboxylic acid groups (broad SMARTS) is 1. The lowest BCUT2D eigenvalue weighted by atomic mass is 10.1. The van der Waals surface area contributed by atoms with E-state index in [1.807, 2.05) is 0 Å². The van der Waals surface area contributed by atoms with Gasteiger partial charge in [0.25, 0.3) is 10.0 Å². The van der Waals surface area contributed by atoms with Crippen molar-refractivity contribution in [2.75, 3.05) is 4.72 Å². The maximum absolute atomic E-state index is 12.7. The number of rotatable bonds is 6. The number of hydrogen-bond donors (Lipinski definition) is 3. The highest BCUT2D eigenvalue weighted by Gasteiger charge is 2.23. The quantitative estimate of drug-likeness (QED) is 0.582. The molecule has 3 rings (SSSR count). The number of aliphatic hydroxyl groups is 1. The lowest BCUT2D eigenvalue weighted by Gasteiger charge is -2.09. The van der Waals surface area contributed by atoms with E-state index in [1.54, 1.807) is 49.4 Å². The smallest absolute Gasteiger partial charge is 0.348 e. The molecule has 0 saturated heterocycles. The molecule has 0 amide bonds. The molecule has 0 spiro atoms. The molecular formula is C19H17NO5S2. The molecule has 0 bridgehead atoms. The standard InChI is InChI=1S/C19H17NO5S2/c1-12-4-2-3-5-17(12)27(24,25)20-15-10-16(26-18(15)19(22)23)14-8-6-13(11-21)7-9-14/h2-10,20-21H,11H2,1H3,(H,22,23). The third-order valence-electron chi connectivity index (χ3n) is 3.97. The molecule has 0 fully saturated rings. The highest BCUT2D eigenvalue weighted by molar-refractivity contribution is 7.92. The van der Waals surface area contributed by atoms with Gasteiger partial charge >= 0.3 is 5.97 Å². The van der Waals surface area contributed by atoms with Gasteiger partial charge in [0.1, 0.15) is 4.88 Å². The van der Waals surface area contributed by atoms with Crippen LogP contribution < -0.4 is 4.72 Å². The number of anilines is 1. The Bertz CT molecular complexity index is 1090. The monoisotopic (exact) mass is 403 g/mol. The van der Waals surface area contributed by atoms with Gasteiger partial charge < -0.3 is 10.2 Å². The summed E-state index contributed by atoms with van der Waals surface area (Å²) in [6.07, 6.45) is 0. The number of carboxylic acids is 1. The van der Waals surface area contributed by atoms with Gasteiger partial charge in [0, 0.05) is 4.88 Å². The number of benzene rings is 2. The van der Waals surface area contributed by atoms with E-state index in [1.165, 1.54) is 12.1 Å². The second-order valence-electron chi connectivity index (χ2n) is 5.88. The molecule has 3 N–H and O–H groups in total. The summed E-state index contributed by atoms with van der Waals surface area (Å²) < 4.78 is 27.8. The van der Waals surface area contributed by atoms with Gasteiger partial charge in [-0.2, -0.15) is 0 Å². The normalized spacial score (nSPS) is 11.3. The number of aryl methyl sites for hydroxylation is 1. The van der Waals surface area contributed by atoms with Gasteiger partial charge in [-0.15, -0.1) is 11.3 Å². The summed E-state index contributed by atoms with van der Waals surface area (Å²) in [5, 5.41) is 18.6. The van der Waals surface area contributed by atoms with Crippen molar-refractivity contribution in [1.29, 1.82) is 0 Å². The van der Waals surface area contributed by atoms with E-state index in [-0.39, 0.29) is 22.1 Å². The fraction of sp³-hybridized carbons (Fsp3) is 0.105. The molecule has 1 aromatic heterocycles. The summed E-state index contributed by atoms with van der Waals surface area (Å²) in [6, 6.07) is 15.0. The van der Waals surface area contributed by atoms with Gasteiger partial charge in [-0.25, -0.2) is 13.2 Å². The minimum atomic E-state index is -3.92. The predicted octanol–water partition coefficient (Wildman–Crippen LogP) is 3.71. The van der Waals surface area contributed by atoms with Crippen LogP contribution in [0.25, 0.3) is 10.4 Å². The van der Waals surface area contributed by atoms with Crippen LogP contribution in [0.5, 0.6) is 0 Å². The molecule has 3 aromatic rings. The van der Waals surface area contributed by atoms with Gasteiger partial charge in [0.05, 0.1) is 17.2 Å². The van der Waals surface area contributed by atoms with Gasteiger partial charge in [0.2, 0.25) is 0 Å². The van der Waals surface area contributed by atoms with E-state index in [0.717, 1.165) is 22.5 Å². The summed E-state index contributed by atoms with van der Waals surface area (Å²) in [7, 11) is -3.92. The minimum Gasteiger partial charge on any atom is -0.477 e. The van der Waals surface area contributed by atoms with Crippen molar-refractivity contribution in [2.24, 2.45) is 0 Å². The number of nitrogens with one attached hydrogen (secondary N) is 1. The van der Waals surface area contributed by atoms with Gasteiger partial charge in [-0.05, 0) is 35.7 Å². The Kier molecular flexibility index (Phi) is 5.31. The Labute approximate surface area is 160 Å². The molecular weight excluding hydrogens is 386 g/mol. The molecule has 0 aliphatic heterocycles. The minimum absolute atomic E-state index is 0.0250. The molecule has 0 atom stereocenters. The van der Waals surface area contributed by atoms with Crippen LogP contribution in [0.4, 0.5) is 5.69 Å². The van der Waals surface area contributed by atoms with Crippen LogP contribution in [0.15, 0.2) is 59.5 Å². The van der Waals surface area contributed by atoms with E-state index in [2.05, 4.69) is 4.72 Å². The second-order valence-corrected chi connectivity index (χ2v) is 8.59. The number of carbonyl (C=O) groups is 1. The number of aliphatic hydroxyl groups excluding tert-OH is 1. The van der Waals surface area contributed by atoms with Crippen molar-refractivity contribution in [3.63, 3.8) is 0 Å². The Balaban J connectivity index is 2.01. The lowest BCUT2D eigenvalue weighted by molar-refractivity contribution is 0.0703. The van der Waals surface area contributed by atoms with Crippen LogP contribution in [-0.4, -0.2) is 24.6 Å². The van der Waals surface area contributed by atoms with Gasteiger partial charge in [-0.3, -0.25) is 4.72 Å². The highest BCUT2D eigenvalue weighted by Crippen LogP contribution is 2.36. The largest absolute Gasteiger partial charge is 0.477 e. The average Bonchev–Trinajstić information content (AvgIpc) is 3.05. The van der Waals surface area contributed by atoms with Crippen LogP contribution in [0.1, 0.15) is 20.8 Å². The van der Waals surface area contributed by atoms with Crippen LogP contribution in [0.3, 0.4) is 0 Å². The number of aromatic carboxylic acids is 1. The van der Waals surface area contributed by atoms with E-state index in [9.17, 15) is 18.3 Å². The number of hydrogen-bond acceptors (Lipinski definition) is 5. The highest BCUT2D eigenvalue weighted by atomic mass is 32.2. The van der Waals surface area contributed by atoms with Crippen molar-refractivity contribution in [3.8, 4) is 10.4 Å². The Morgan fingerprint density at radius 2 is 1.78 bits per heavy atom. The third kappa shape index (κ3) is 4.02. The van der Waals surface area contributed by atoms with E-state index in [0.29, 0.717) is 10.4 Å². The maximum Gasteiger partial charge on any atom is 0.348 e. The fourth-order valence-corrected chi connectivity index (χ4v) is 4.93. The number of sulfonamides is 1. The molecule has 27 heavy (non-hydrogen) atoms. The zero-order chi connectivity index (χ0) is 19.6. The Hall–Kier alpha value is -2.68. The van der Waals surface area contributed by atoms with Gasteiger partial charge in [-0.1, -0.05) is 42.5 Å². The van der Waals surface area contributed by atoms with Crippen LogP contribution >= 0.6 is 11.3 Å². The fourth-order valence-electron chi connectivity index (χ4n) is 2.60. The molecule has 2 aromatic carbocycles. The summed E-state index contributed by atoms with van der Waals surface area (Å²) >= 11 is 0.985. The maximum atomic E-state index is 12.7. The van der Waals surface area contributed by atoms with Crippen LogP contribution in [0.2, 0.25) is 0 Å².